The van der Waals surface area contributed by atoms with Crippen LogP contribution in [0.5, 0.6) is 0 Å². The van der Waals surface area contributed by atoms with Crippen molar-refractivity contribution in [2.45, 2.75) is 184 Å². The van der Waals surface area contributed by atoms with E-state index >= 15 is 0 Å². The first-order valence-corrected chi connectivity index (χ1v) is 24.6. The topological polar surface area (TPSA) is 231 Å². The Kier molecular flexibility index (Phi) is 34.5. The fourth-order valence-corrected chi connectivity index (χ4v) is 6.90. The first kappa shape index (κ1) is 60.3. The molecule has 2 fully saturated rings. The number of hydrogen-bond donors (Lipinski definition) is 7. The second kappa shape index (κ2) is 38.9. The summed E-state index contributed by atoms with van der Waals surface area (Å²) in [6.07, 6.45) is 32.8. The highest BCUT2D eigenvalue weighted by atomic mass is 16.7. The van der Waals surface area contributed by atoms with Gasteiger partial charge in [-0.25, -0.2) is 0 Å². The second-order valence-corrected chi connectivity index (χ2v) is 16.7. The molecular weight excluding hydrogens is 877 g/mol. The van der Waals surface area contributed by atoms with E-state index in [1.165, 1.54) is 38.5 Å². The van der Waals surface area contributed by atoms with Gasteiger partial charge in [-0.2, -0.15) is 0 Å². The van der Waals surface area contributed by atoms with Crippen molar-refractivity contribution in [1.29, 1.82) is 0 Å². The molecule has 0 aromatic rings. The summed E-state index contributed by atoms with van der Waals surface area (Å²) in [6.45, 7) is 2.28. The van der Waals surface area contributed by atoms with Crippen LogP contribution in [-0.4, -0.2) is 142 Å². The van der Waals surface area contributed by atoms with Crippen LogP contribution in [0.25, 0.3) is 0 Å². The van der Waals surface area contributed by atoms with Crippen LogP contribution in [0.4, 0.5) is 0 Å². The van der Waals surface area contributed by atoms with Crippen LogP contribution in [0.2, 0.25) is 0 Å². The molecule has 0 aromatic heterocycles. The van der Waals surface area contributed by atoms with Gasteiger partial charge in [-0.05, 0) is 51.4 Å². The van der Waals surface area contributed by atoms with Gasteiger partial charge < -0.3 is 64.2 Å². The Labute approximate surface area is 404 Å². The first-order valence-electron chi connectivity index (χ1n) is 24.6. The number of aliphatic hydroxyl groups excluding tert-OH is 7. The van der Waals surface area contributed by atoms with Gasteiger partial charge in [0.2, 0.25) is 0 Å². The lowest BCUT2D eigenvalue weighted by Crippen LogP contribution is -2.61. The SMILES string of the molecule is CC/C=C/C=C/C=C/C=C/C=C/C=C/C=C/CCCCCC(=O)OCC(CO[C@@H]1O[C@H](CO[C@@H]2O[C@H](CO)[C@H](O)C(O)C2O)[C@H](O)C(O)C1O)OC(=O)CC/C=C/C/C=C/CCCCCCCC. The quantitative estimate of drug-likeness (QED) is 0.0158. The molecule has 0 amide bonds. The van der Waals surface area contributed by atoms with E-state index in [-0.39, 0.29) is 19.4 Å². The smallest absolute Gasteiger partial charge is 0.306 e. The van der Waals surface area contributed by atoms with Crippen molar-refractivity contribution in [3.05, 3.63) is 109 Å². The molecule has 2 rings (SSSR count). The Morgan fingerprint density at radius 2 is 1.01 bits per heavy atom. The van der Waals surface area contributed by atoms with E-state index in [4.69, 9.17) is 28.4 Å². The highest BCUT2D eigenvalue weighted by Crippen LogP contribution is 2.26. The summed E-state index contributed by atoms with van der Waals surface area (Å²) in [5.74, 6) is -1.07. The maximum absolute atomic E-state index is 12.9. The van der Waals surface area contributed by atoms with Crippen molar-refractivity contribution in [3.63, 3.8) is 0 Å². The predicted octanol–water partition coefficient (Wildman–Crippen LogP) is 6.37. The molecule has 15 nitrogen and oxygen atoms in total. The average molecular weight is 959 g/mol. The molecule has 2 saturated heterocycles. The molecule has 2 heterocycles. The molecular formula is C53H82O15. The number of aliphatic hydroxyl groups is 7. The molecule has 2 aliphatic rings. The molecule has 5 unspecified atom stereocenters. The van der Waals surface area contributed by atoms with Crippen LogP contribution >= 0.6 is 0 Å². The Balaban J connectivity index is 1.87. The lowest BCUT2D eigenvalue weighted by molar-refractivity contribution is -0.332. The van der Waals surface area contributed by atoms with Crippen LogP contribution in [-0.2, 0) is 38.0 Å². The number of carbonyl (C=O) groups excluding carboxylic acids is 2. The van der Waals surface area contributed by atoms with Gasteiger partial charge in [-0.15, -0.1) is 0 Å². The van der Waals surface area contributed by atoms with Gasteiger partial charge in [-0.3, -0.25) is 9.59 Å². The van der Waals surface area contributed by atoms with Gasteiger partial charge >= 0.3 is 11.9 Å². The summed E-state index contributed by atoms with van der Waals surface area (Å²) in [6, 6.07) is 0. The van der Waals surface area contributed by atoms with Crippen molar-refractivity contribution in [1.82, 2.24) is 0 Å². The Hall–Kier alpha value is -3.84. The van der Waals surface area contributed by atoms with Crippen LogP contribution in [0.3, 0.4) is 0 Å². The van der Waals surface area contributed by atoms with Crippen molar-refractivity contribution in [3.8, 4) is 0 Å². The molecule has 0 aromatic carbocycles. The summed E-state index contributed by atoms with van der Waals surface area (Å²) >= 11 is 0. The highest BCUT2D eigenvalue weighted by molar-refractivity contribution is 5.70. The minimum Gasteiger partial charge on any atom is -0.462 e. The lowest BCUT2D eigenvalue weighted by atomic mass is 9.98. The summed E-state index contributed by atoms with van der Waals surface area (Å²) in [5.41, 5.74) is 0. The molecule has 68 heavy (non-hydrogen) atoms. The average Bonchev–Trinajstić information content (AvgIpc) is 3.33. The normalized spacial score (nSPS) is 26.7. The standard InChI is InChI=1S/C53H82O15/c1-3-5-7-9-11-13-15-17-18-19-20-21-22-24-25-27-29-31-33-35-44(55)63-38-41(66-45(56)36-34-32-30-28-26-23-16-14-12-10-8-6-4-2)39-64-52-51(62)49(60)47(58)43(68-52)40-65-53-50(61)48(59)46(57)42(37-54)67-53/h5,7,9,11,13,15,17-26,30,32,41-43,46-54,57-62H,3-4,6,8,10,12,14,16,27-29,31,33-40H2,1-2H3/b7-5+,11-9+,15-13+,18-17+,20-19+,22-21+,25-24+,26-23+,32-30+/t41?,42-,43-,46+,47+,48?,49?,50?,51?,52-,53-/m1/s1. The molecule has 11 atom stereocenters. The maximum Gasteiger partial charge on any atom is 0.306 e. The van der Waals surface area contributed by atoms with Crippen molar-refractivity contribution < 1.29 is 73.8 Å². The van der Waals surface area contributed by atoms with Crippen molar-refractivity contribution >= 4 is 11.9 Å². The van der Waals surface area contributed by atoms with Crippen LogP contribution < -0.4 is 0 Å². The molecule has 384 valence electrons. The van der Waals surface area contributed by atoms with E-state index in [1.807, 2.05) is 85.1 Å². The largest absolute Gasteiger partial charge is 0.462 e. The summed E-state index contributed by atoms with van der Waals surface area (Å²) in [5, 5.41) is 72.0. The molecule has 0 saturated carbocycles. The van der Waals surface area contributed by atoms with Gasteiger partial charge in [0.05, 0.1) is 19.8 Å². The fraction of sp³-hybridized carbons (Fsp3) is 0.623. The third-order valence-electron chi connectivity index (χ3n) is 10.9. The molecule has 2 aliphatic heterocycles. The maximum atomic E-state index is 12.9. The zero-order valence-electron chi connectivity index (χ0n) is 40.3. The summed E-state index contributed by atoms with van der Waals surface area (Å²) in [4.78, 5) is 25.7. The third-order valence-corrected chi connectivity index (χ3v) is 10.9. The van der Waals surface area contributed by atoms with E-state index in [9.17, 15) is 45.3 Å². The van der Waals surface area contributed by atoms with Crippen LogP contribution in [0, 0.1) is 0 Å². The zero-order chi connectivity index (χ0) is 49.6. The number of ether oxygens (including phenoxy) is 6. The lowest BCUT2D eigenvalue weighted by Gasteiger charge is -2.42. The van der Waals surface area contributed by atoms with Gasteiger partial charge in [0.25, 0.3) is 0 Å². The Morgan fingerprint density at radius 1 is 0.500 bits per heavy atom. The van der Waals surface area contributed by atoms with E-state index < -0.39 is 99.3 Å². The minimum absolute atomic E-state index is 0.0410. The van der Waals surface area contributed by atoms with Crippen LogP contribution in [0.15, 0.2) is 109 Å². The highest BCUT2D eigenvalue weighted by Gasteiger charge is 2.47. The third kappa shape index (κ3) is 26.8. The number of unbranched alkanes of at least 4 members (excludes halogenated alkanes) is 9. The number of rotatable bonds is 35. The Morgan fingerprint density at radius 3 is 1.63 bits per heavy atom. The molecule has 15 heteroatoms. The summed E-state index contributed by atoms with van der Waals surface area (Å²) < 4.78 is 33.4. The Bertz CT molecular complexity index is 1600. The molecule has 0 aliphatic carbocycles. The van der Waals surface area contributed by atoms with Gasteiger partial charge in [-0.1, -0.05) is 162 Å². The molecule has 0 radical (unpaired) electrons. The number of allylic oxidation sites excluding steroid dienone is 18. The predicted molar refractivity (Wildman–Crippen MR) is 261 cm³/mol. The second-order valence-electron chi connectivity index (χ2n) is 16.7. The monoisotopic (exact) mass is 959 g/mol. The van der Waals surface area contributed by atoms with E-state index in [0.29, 0.717) is 12.8 Å². The molecule has 0 spiro atoms. The number of carbonyl (C=O) groups is 2. The first-order chi connectivity index (χ1) is 33.0. The van der Waals surface area contributed by atoms with Gasteiger partial charge in [0.15, 0.2) is 18.7 Å². The van der Waals surface area contributed by atoms with Crippen molar-refractivity contribution in [2.24, 2.45) is 0 Å². The van der Waals surface area contributed by atoms with Crippen molar-refractivity contribution in [2.75, 3.05) is 26.4 Å². The zero-order valence-corrected chi connectivity index (χ0v) is 40.3. The minimum atomic E-state index is -1.79. The number of esters is 2. The van der Waals surface area contributed by atoms with E-state index in [1.54, 1.807) is 0 Å². The van der Waals surface area contributed by atoms with E-state index in [2.05, 4.69) is 38.2 Å². The fourth-order valence-electron chi connectivity index (χ4n) is 6.90. The van der Waals surface area contributed by atoms with E-state index in [0.717, 1.165) is 38.5 Å². The molecule has 7 N–H and O–H groups in total. The molecule has 0 bridgehead atoms. The number of hydrogen-bond acceptors (Lipinski definition) is 15. The van der Waals surface area contributed by atoms with Crippen LogP contribution in [0.1, 0.15) is 117 Å². The summed E-state index contributed by atoms with van der Waals surface area (Å²) in [7, 11) is 0. The van der Waals surface area contributed by atoms with Gasteiger partial charge in [0.1, 0.15) is 55.4 Å². The van der Waals surface area contributed by atoms with Gasteiger partial charge in [0, 0.05) is 12.8 Å².